The van der Waals surface area contributed by atoms with Gasteiger partial charge < -0.3 is 10.1 Å². The molecule has 0 bridgehead atoms. The van der Waals surface area contributed by atoms with Crippen molar-refractivity contribution in [3.8, 4) is 5.75 Å². The zero-order chi connectivity index (χ0) is 13.1. The number of hydrogen-bond acceptors (Lipinski definition) is 2. The molecule has 0 radical (unpaired) electrons. The summed E-state index contributed by atoms with van der Waals surface area (Å²) in [6.45, 7) is 1.24. The summed E-state index contributed by atoms with van der Waals surface area (Å²) in [5.74, 6) is 1.13. The molecule has 3 rings (SSSR count). The van der Waals surface area contributed by atoms with Crippen LogP contribution in [0.1, 0.15) is 21.8 Å². The van der Waals surface area contributed by atoms with Gasteiger partial charge in [-0.05, 0) is 18.2 Å². The van der Waals surface area contributed by atoms with Crippen molar-refractivity contribution < 1.29 is 9.53 Å². The van der Waals surface area contributed by atoms with Crippen molar-refractivity contribution in [1.29, 1.82) is 0 Å². The second-order valence-corrected chi connectivity index (χ2v) is 4.62. The Morgan fingerprint density at radius 2 is 1.84 bits per heavy atom. The molecule has 0 saturated heterocycles. The molecule has 3 heteroatoms. The van der Waals surface area contributed by atoms with Crippen LogP contribution >= 0.6 is 0 Å². The first-order valence-electron chi connectivity index (χ1n) is 6.39. The zero-order valence-electron chi connectivity index (χ0n) is 10.5. The molecule has 0 aromatic heterocycles. The summed E-state index contributed by atoms with van der Waals surface area (Å²) < 4.78 is 5.60. The third-order valence-corrected chi connectivity index (χ3v) is 3.34. The Labute approximate surface area is 112 Å². The van der Waals surface area contributed by atoms with Crippen molar-refractivity contribution in [2.24, 2.45) is 0 Å². The van der Waals surface area contributed by atoms with Crippen molar-refractivity contribution in [1.82, 2.24) is 5.32 Å². The SMILES string of the molecule is O=C(NCC1COc2ccccc21)c1ccccc1. The largest absolute Gasteiger partial charge is 0.493 e. The molecule has 0 saturated carbocycles. The lowest BCUT2D eigenvalue weighted by atomic mass is 10.0. The summed E-state index contributed by atoms with van der Waals surface area (Å²) in [5.41, 5.74) is 1.87. The lowest BCUT2D eigenvalue weighted by molar-refractivity contribution is 0.0950. The molecule has 19 heavy (non-hydrogen) atoms. The average Bonchev–Trinajstić information content (AvgIpc) is 2.89. The molecule has 0 aliphatic carbocycles. The van der Waals surface area contributed by atoms with E-state index in [0.29, 0.717) is 18.7 Å². The fourth-order valence-electron chi connectivity index (χ4n) is 2.31. The van der Waals surface area contributed by atoms with Crippen molar-refractivity contribution in [2.75, 3.05) is 13.2 Å². The fraction of sp³-hybridized carbons (Fsp3) is 0.188. The number of para-hydroxylation sites is 1. The maximum absolute atomic E-state index is 12.0. The van der Waals surface area contributed by atoms with Gasteiger partial charge in [-0.1, -0.05) is 36.4 Å². The predicted molar refractivity (Wildman–Crippen MR) is 73.5 cm³/mol. The number of fused-ring (bicyclic) bond motifs is 1. The highest BCUT2D eigenvalue weighted by Crippen LogP contribution is 2.32. The predicted octanol–water partition coefficient (Wildman–Crippen LogP) is 2.59. The average molecular weight is 253 g/mol. The van der Waals surface area contributed by atoms with E-state index in [1.165, 1.54) is 5.56 Å². The monoisotopic (exact) mass is 253 g/mol. The number of carbonyl (C=O) groups excluding carboxylic acids is 1. The highest BCUT2D eigenvalue weighted by Gasteiger charge is 2.23. The Morgan fingerprint density at radius 3 is 2.68 bits per heavy atom. The van der Waals surface area contributed by atoms with Crippen molar-refractivity contribution in [2.45, 2.75) is 5.92 Å². The van der Waals surface area contributed by atoms with Gasteiger partial charge in [-0.15, -0.1) is 0 Å². The second kappa shape index (κ2) is 5.14. The normalized spacial score (nSPS) is 16.5. The van der Waals surface area contributed by atoms with E-state index < -0.39 is 0 Å². The van der Waals surface area contributed by atoms with E-state index in [0.717, 1.165) is 5.75 Å². The minimum Gasteiger partial charge on any atom is -0.493 e. The fourth-order valence-corrected chi connectivity index (χ4v) is 2.31. The summed E-state index contributed by atoms with van der Waals surface area (Å²) in [6, 6.07) is 17.2. The minimum atomic E-state index is -0.0371. The number of hydrogen-bond donors (Lipinski definition) is 1. The summed E-state index contributed by atoms with van der Waals surface area (Å²) in [4.78, 5) is 12.0. The molecule has 1 amide bonds. The van der Waals surface area contributed by atoms with E-state index in [9.17, 15) is 4.79 Å². The lowest BCUT2D eigenvalue weighted by Crippen LogP contribution is -2.28. The van der Waals surface area contributed by atoms with Crippen LogP contribution in [0.4, 0.5) is 0 Å². The molecule has 3 nitrogen and oxygen atoms in total. The van der Waals surface area contributed by atoms with Gasteiger partial charge in [0.05, 0.1) is 6.61 Å². The van der Waals surface area contributed by atoms with E-state index in [-0.39, 0.29) is 11.8 Å². The molecule has 1 unspecified atom stereocenters. The van der Waals surface area contributed by atoms with Gasteiger partial charge in [-0.3, -0.25) is 4.79 Å². The molecule has 1 atom stereocenters. The van der Waals surface area contributed by atoms with E-state index in [2.05, 4.69) is 11.4 Å². The number of benzene rings is 2. The van der Waals surface area contributed by atoms with Crippen LogP contribution in [0, 0.1) is 0 Å². The Morgan fingerprint density at radius 1 is 1.11 bits per heavy atom. The first kappa shape index (κ1) is 11.8. The maximum atomic E-state index is 12.0. The van der Waals surface area contributed by atoms with Crippen LogP contribution in [-0.4, -0.2) is 19.1 Å². The molecule has 2 aromatic rings. The van der Waals surface area contributed by atoms with E-state index >= 15 is 0 Å². The van der Waals surface area contributed by atoms with Gasteiger partial charge in [-0.2, -0.15) is 0 Å². The van der Waals surface area contributed by atoms with Crippen LogP contribution in [0.15, 0.2) is 54.6 Å². The zero-order valence-corrected chi connectivity index (χ0v) is 10.5. The molecular formula is C16H15NO2. The van der Waals surface area contributed by atoms with E-state index in [1.807, 2.05) is 48.5 Å². The molecule has 0 spiro atoms. The van der Waals surface area contributed by atoms with Crippen LogP contribution in [0.25, 0.3) is 0 Å². The molecular weight excluding hydrogens is 238 g/mol. The molecule has 1 N–H and O–H groups in total. The van der Waals surface area contributed by atoms with Crippen LogP contribution in [-0.2, 0) is 0 Å². The highest BCUT2D eigenvalue weighted by molar-refractivity contribution is 5.94. The summed E-state index contributed by atoms with van der Waals surface area (Å²) >= 11 is 0. The van der Waals surface area contributed by atoms with Gasteiger partial charge in [0.25, 0.3) is 5.91 Å². The Bertz CT molecular complexity index is 580. The molecule has 1 aliphatic heterocycles. The van der Waals surface area contributed by atoms with Crippen LogP contribution in [0.2, 0.25) is 0 Å². The molecule has 96 valence electrons. The molecule has 0 fully saturated rings. The Hall–Kier alpha value is -2.29. The third kappa shape index (κ3) is 2.45. The van der Waals surface area contributed by atoms with Gasteiger partial charge in [-0.25, -0.2) is 0 Å². The number of rotatable bonds is 3. The molecule has 2 aromatic carbocycles. The van der Waals surface area contributed by atoms with Gasteiger partial charge >= 0.3 is 0 Å². The molecule has 1 aliphatic rings. The quantitative estimate of drug-likeness (QED) is 0.913. The lowest BCUT2D eigenvalue weighted by Gasteiger charge is -2.10. The summed E-state index contributed by atoms with van der Waals surface area (Å²) in [6.07, 6.45) is 0. The smallest absolute Gasteiger partial charge is 0.251 e. The first-order chi connectivity index (χ1) is 9.34. The van der Waals surface area contributed by atoms with Gasteiger partial charge in [0.1, 0.15) is 5.75 Å². The van der Waals surface area contributed by atoms with E-state index in [4.69, 9.17) is 4.74 Å². The standard InChI is InChI=1S/C16H15NO2/c18-16(12-6-2-1-3-7-12)17-10-13-11-19-15-9-5-4-8-14(13)15/h1-9,13H,10-11H2,(H,17,18). The van der Waals surface area contributed by atoms with Gasteiger partial charge in [0.2, 0.25) is 0 Å². The topological polar surface area (TPSA) is 38.3 Å². The third-order valence-electron chi connectivity index (χ3n) is 3.34. The van der Waals surface area contributed by atoms with Crippen LogP contribution in [0.5, 0.6) is 5.75 Å². The maximum Gasteiger partial charge on any atom is 0.251 e. The number of nitrogens with one attached hydrogen (secondary N) is 1. The van der Waals surface area contributed by atoms with Crippen LogP contribution in [0.3, 0.4) is 0 Å². The Balaban J connectivity index is 1.64. The first-order valence-corrected chi connectivity index (χ1v) is 6.39. The van der Waals surface area contributed by atoms with Gasteiger partial charge in [0, 0.05) is 23.6 Å². The summed E-state index contributed by atoms with van der Waals surface area (Å²) in [5, 5.41) is 2.96. The minimum absolute atomic E-state index is 0.0371. The van der Waals surface area contributed by atoms with E-state index in [1.54, 1.807) is 0 Å². The number of ether oxygens (including phenoxy) is 1. The Kier molecular flexibility index (Phi) is 3.19. The highest BCUT2D eigenvalue weighted by atomic mass is 16.5. The number of amides is 1. The van der Waals surface area contributed by atoms with Crippen molar-refractivity contribution in [3.63, 3.8) is 0 Å². The van der Waals surface area contributed by atoms with Crippen molar-refractivity contribution in [3.05, 3.63) is 65.7 Å². The van der Waals surface area contributed by atoms with Gasteiger partial charge in [0.15, 0.2) is 0 Å². The second-order valence-electron chi connectivity index (χ2n) is 4.62. The van der Waals surface area contributed by atoms with Crippen LogP contribution < -0.4 is 10.1 Å². The number of carbonyl (C=O) groups is 1. The molecule has 1 heterocycles. The summed E-state index contributed by atoms with van der Waals surface area (Å²) in [7, 11) is 0. The van der Waals surface area contributed by atoms with Crippen molar-refractivity contribution >= 4 is 5.91 Å².